The number of nitrogens with one attached hydrogen (secondary N) is 2. The number of hydrogen-bond donors (Lipinski definition) is 2. The first-order valence-electron chi connectivity index (χ1n) is 8.16. The molecule has 28 heavy (non-hydrogen) atoms. The molecule has 4 aromatic rings. The zero-order valence-electron chi connectivity index (χ0n) is 14.5. The van der Waals surface area contributed by atoms with Gasteiger partial charge >= 0.3 is 5.69 Å². The van der Waals surface area contributed by atoms with Gasteiger partial charge < -0.3 is 10.6 Å². The molecule has 0 fully saturated rings. The van der Waals surface area contributed by atoms with Crippen LogP contribution in [-0.2, 0) is 0 Å². The standard InChI is InChI=1S/C18H13BrN6O2S/c1-10-4-2-7-13-14(10)23-18(28-13)24-17-15(25(26)27)16(20-9-21-17)22-12-6-3-5-11(19)8-12/h2-9H,1H3,(H2,20,21,22,23,24). The Balaban J connectivity index is 1.72. The van der Waals surface area contributed by atoms with Crippen molar-refractivity contribution in [1.82, 2.24) is 15.0 Å². The number of anilines is 4. The van der Waals surface area contributed by atoms with Crippen LogP contribution in [0.3, 0.4) is 0 Å². The second kappa shape index (κ2) is 7.49. The first-order valence-corrected chi connectivity index (χ1v) is 9.77. The molecular formula is C18H13BrN6O2S. The summed E-state index contributed by atoms with van der Waals surface area (Å²) in [5, 5.41) is 18.2. The Morgan fingerprint density at radius 3 is 2.57 bits per heavy atom. The molecule has 2 heterocycles. The molecule has 0 radical (unpaired) electrons. The van der Waals surface area contributed by atoms with Gasteiger partial charge in [0.2, 0.25) is 11.6 Å². The molecule has 0 aliphatic rings. The summed E-state index contributed by atoms with van der Waals surface area (Å²) in [5.41, 5.74) is 2.31. The first kappa shape index (κ1) is 18.3. The number of aromatic nitrogens is 3. The predicted octanol–water partition coefficient (Wildman–Crippen LogP) is 5.55. The highest BCUT2D eigenvalue weighted by Gasteiger charge is 2.24. The monoisotopic (exact) mass is 456 g/mol. The minimum absolute atomic E-state index is 0.0780. The summed E-state index contributed by atoms with van der Waals surface area (Å²) >= 11 is 4.78. The SMILES string of the molecule is Cc1cccc2sc(Nc3ncnc(Nc4cccc(Br)c4)c3[N+](=O)[O-])nc12. The number of aryl methyl sites for hydroxylation is 1. The summed E-state index contributed by atoms with van der Waals surface area (Å²) in [4.78, 5) is 23.9. The number of nitrogens with zero attached hydrogens (tertiary/aromatic N) is 4. The summed E-state index contributed by atoms with van der Waals surface area (Å²) in [6, 6.07) is 13.2. The molecule has 0 saturated carbocycles. The van der Waals surface area contributed by atoms with Crippen molar-refractivity contribution >= 4 is 65.6 Å². The molecule has 0 spiro atoms. The van der Waals surface area contributed by atoms with Crippen LogP contribution in [0.4, 0.5) is 28.1 Å². The molecule has 0 bridgehead atoms. The molecule has 10 heteroatoms. The minimum Gasteiger partial charge on any atom is -0.334 e. The zero-order valence-corrected chi connectivity index (χ0v) is 16.9. The molecule has 140 valence electrons. The summed E-state index contributed by atoms with van der Waals surface area (Å²) in [7, 11) is 0. The Labute approximate surface area is 172 Å². The normalized spacial score (nSPS) is 10.8. The average Bonchev–Trinajstić information content (AvgIpc) is 3.05. The van der Waals surface area contributed by atoms with Crippen LogP contribution in [0.5, 0.6) is 0 Å². The van der Waals surface area contributed by atoms with E-state index in [9.17, 15) is 10.1 Å². The topological polar surface area (TPSA) is 106 Å². The van der Waals surface area contributed by atoms with Crippen LogP contribution in [0.15, 0.2) is 53.3 Å². The fraction of sp³-hybridized carbons (Fsp3) is 0.0556. The number of fused-ring (bicyclic) bond motifs is 1. The largest absolute Gasteiger partial charge is 0.353 e. The molecule has 0 amide bonds. The van der Waals surface area contributed by atoms with Crippen LogP contribution in [0.2, 0.25) is 0 Å². The third-order valence-electron chi connectivity index (χ3n) is 3.94. The Morgan fingerprint density at radius 2 is 1.86 bits per heavy atom. The quantitative estimate of drug-likeness (QED) is 0.299. The summed E-state index contributed by atoms with van der Waals surface area (Å²) < 4.78 is 1.84. The molecule has 0 atom stereocenters. The van der Waals surface area contributed by atoms with Gasteiger partial charge in [0, 0.05) is 10.2 Å². The van der Waals surface area contributed by atoms with Gasteiger partial charge in [-0.2, -0.15) is 0 Å². The van der Waals surface area contributed by atoms with E-state index in [2.05, 4.69) is 41.5 Å². The second-order valence-electron chi connectivity index (χ2n) is 5.88. The van der Waals surface area contributed by atoms with Crippen molar-refractivity contribution in [2.45, 2.75) is 6.92 Å². The van der Waals surface area contributed by atoms with E-state index >= 15 is 0 Å². The van der Waals surface area contributed by atoms with Crippen LogP contribution in [0.25, 0.3) is 10.2 Å². The summed E-state index contributed by atoms with van der Waals surface area (Å²) in [6.45, 7) is 1.97. The lowest BCUT2D eigenvalue weighted by molar-refractivity contribution is -0.383. The molecule has 0 saturated heterocycles. The van der Waals surface area contributed by atoms with E-state index in [0.717, 1.165) is 20.3 Å². The van der Waals surface area contributed by atoms with Gasteiger partial charge in [-0.1, -0.05) is 45.5 Å². The Hall–Kier alpha value is -3.11. The highest BCUT2D eigenvalue weighted by molar-refractivity contribution is 9.10. The number of benzene rings is 2. The molecule has 0 unspecified atom stereocenters. The molecule has 2 N–H and O–H groups in total. The maximum absolute atomic E-state index is 11.7. The maximum Gasteiger partial charge on any atom is 0.353 e. The predicted molar refractivity (Wildman–Crippen MR) is 114 cm³/mol. The van der Waals surface area contributed by atoms with Crippen molar-refractivity contribution < 1.29 is 4.92 Å². The van der Waals surface area contributed by atoms with Gasteiger partial charge in [0.25, 0.3) is 0 Å². The lowest BCUT2D eigenvalue weighted by Crippen LogP contribution is -2.05. The van der Waals surface area contributed by atoms with Gasteiger partial charge in [-0.15, -0.1) is 0 Å². The van der Waals surface area contributed by atoms with Gasteiger partial charge in [0.05, 0.1) is 15.1 Å². The lowest BCUT2D eigenvalue weighted by Gasteiger charge is -2.09. The molecular weight excluding hydrogens is 444 g/mol. The maximum atomic E-state index is 11.7. The Bertz CT molecular complexity index is 1200. The van der Waals surface area contributed by atoms with Crippen molar-refractivity contribution in [1.29, 1.82) is 0 Å². The van der Waals surface area contributed by atoms with Crippen LogP contribution >= 0.6 is 27.3 Å². The van der Waals surface area contributed by atoms with Crippen LogP contribution in [0, 0.1) is 17.0 Å². The Morgan fingerprint density at radius 1 is 1.11 bits per heavy atom. The third kappa shape index (κ3) is 3.64. The smallest absolute Gasteiger partial charge is 0.334 e. The highest BCUT2D eigenvalue weighted by atomic mass is 79.9. The number of thiazole rings is 1. The number of halogens is 1. The van der Waals surface area contributed by atoms with E-state index in [1.165, 1.54) is 17.7 Å². The van der Waals surface area contributed by atoms with Gasteiger partial charge in [-0.25, -0.2) is 15.0 Å². The molecule has 8 nitrogen and oxygen atoms in total. The molecule has 0 aliphatic heterocycles. The third-order valence-corrected chi connectivity index (χ3v) is 5.37. The van der Waals surface area contributed by atoms with Gasteiger partial charge in [0.15, 0.2) is 5.13 Å². The zero-order chi connectivity index (χ0) is 19.7. The van der Waals surface area contributed by atoms with E-state index in [1.54, 1.807) is 12.1 Å². The van der Waals surface area contributed by atoms with Crippen molar-refractivity contribution in [3.05, 3.63) is 68.9 Å². The summed E-state index contributed by atoms with van der Waals surface area (Å²) in [6.07, 6.45) is 1.27. The van der Waals surface area contributed by atoms with Crippen molar-refractivity contribution in [2.75, 3.05) is 10.6 Å². The van der Waals surface area contributed by atoms with E-state index in [1.807, 2.05) is 37.3 Å². The fourth-order valence-electron chi connectivity index (χ4n) is 2.68. The van der Waals surface area contributed by atoms with Crippen molar-refractivity contribution in [2.24, 2.45) is 0 Å². The van der Waals surface area contributed by atoms with Crippen LogP contribution in [0.1, 0.15) is 5.56 Å². The van der Waals surface area contributed by atoms with Gasteiger partial charge in [0.1, 0.15) is 6.33 Å². The van der Waals surface area contributed by atoms with Crippen LogP contribution < -0.4 is 10.6 Å². The molecule has 4 rings (SSSR count). The molecule has 2 aromatic heterocycles. The average molecular weight is 457 g/mol. The lowest BCUT2D eigenvalue weighted by atomic mass is 10.2. The second-order valence-corrected chi connectivity index (χ2v) is 7.82. The van der Waals surface area contributed by atoms with Gasteiger partial charge in [-0.3, -0.25) is 10.1 Å². The molecule has 2 aromatic carbocycles. The first-order chi connectivity index (χ1) is 13.5. The highest BCUT2D eigenvalue weighted by Crippen LogP contribution is 2.35. The van der Waals surface area contributed by atoms with E-state index in [4.69, 9.17) is 0 Å². The number of para-hydroxylation sites is 1. The summed E-state index contributed by atoms with van der Waals surface area (Å²) in [5.74, 6) is 0.173. The Kier molecular flexibility index (Phi) is 4.88. The minimum atomic E-state index is -0.513. The number of nitro groups is 1. The number of hydrogen-bond acceptors (Lipinski definition) is 8. The van der Waals surface area contributed by atoms with E-state index < -0.39 is 4.92 Å². The number of rotatable bonds is 5. The fourth-order valence-corrected chi connectivity index (χ4v) is 4.02. The van der Waals surface area contributed by atoms with E-state index in [-0.39, 0.29) is 17.3 Å². The molecule has 0 aliphatic carbocycles. The van der Waals surface area contributed by atoms with Crippen molar-refractivity contribution in [3.63, 3.8) is 0 Å². The van der Waals surface area contributed by atoms with E-state index in [0.29, 0.717) is 10.8 Å². The van der Waals surface area contributed by atoms with Gasteiger partial charge in [-0.05, 0) is 36.8 Å². The van der Waals surface area contributed by atoms with Crippen LogP contribution in [-0.4, -0.2) is 19.9 Å². The van der Waals surface area contributed by atoms with Crippen molar-refractivity contribution in [3.8, 4) is 0 Å².